The van der Waals surface area contributed by atoms with Crippen LogP contribution in [0, 0.1) is 20.8 Å². The Balaban J connectivity index is 1.71. The van der Waals surface area contributed by atoms with Crippen molar-refractivity contribution in [3.8, 4) is 0 Å². The Morgan fingerprint density at radius 1 is 1.09 bits per heavy atom. The third-order valence-electron chi connectivity index (χ3n) is 5.01. The molecule has 33 heavy (non-hydrogen) atoms. The fraction of sp³-hybridized carbons (Fsp3) is 0.304. The average molecular weight is 465 g/mol. The van der Waals surface area contributed by atoms with E-state index in [4.69, 9.17) is 4.74 Å². The zero-order chi connectivity index (χ0) is 23.5. The molecular formula is C23H24N6O3S. The Hall–Kier alpha value is -3.66. The predicted octanol–water partition coefficient (Wildman–Crippen LogP) is 3.57. The fourth-order valence-electron chi connectivity index (χ4n) is 3.43. The van der Waals surface area contributed by atoms with Gasteiger partial charge in [0.2, 0.25) is 5.82 Å². The molecule has 0 aliphatic carbocycles. The minimum Gasteiger partial charge on any atom is -0.461 e. The van der Waals surface area contributed by atoms with Crippen LogP contribution in [-0.4, -0.2) is 49.6 Å². The molecule has 0 N–H and O–H groups in total. The van der Waals surface area contributed by atoms with Gasteiger partial charge in [0.25, 0.3) is 11.7 Å². The minimum atomic E-state index is -0.505. The highest BCUT2D eigenvalue weighted by molar-refractivity contribution is 7.16. The van der Waals surface area contributed by atoms with E-state index < -0.39 is 11.9 Å². The van der Waals surface area contributed by atoms with Crippen molar-refractivity contribution < 1.29 is 14.3 Å². The van der Waals surface area contributed by atoms with E-state index >= 15 is 0 Å². The van der Waals surface area contributed by atoms with Gasteiger partial charge in [-0.25, -0.2) is 19.3 Å². The third kappa shape index (κ3) is 4.75. The van der Waals surface area contributed by atoms with E-state index in [1.165, 1.54) is 16.2 Å². The Kier molecular flexibility index (Phi) is 6.45. The number of hydrogen-bond acceptors (Lipinski definition) is 8. The molecule has 0 radical (unpaired) electrons. The van der Waals surface area contributed by atoms with Gasteiger partial charge in [-0.2, -0.15) is 4.98 Å². The lowest BCUT2D eigenvalue weighted by Gasteiger charge is -2.18. The van der Waals surface area contributed by atoms with E-state index in [9.17, 15) is 9.59 Å². The van der Waals surface area contributed by atoms with Crippen LogP contribution in [0.5, 0.6) is 0 Å². The number of carbonyl (C=O) groups excluding carboxylic acids is 2. The number of rotatable bonds is 7. The van der Waals surface area contributed by atoms with Crippen molar-refractivity contribution in [2.75, 3.05) is 18.1 Å². The number of aromatic nitrogens is 5. The van der Waals surface area contributed by atoms with E-state index in [2.05, 4.69) is 20.1 Å². The number of ether oxygens (including phenoxy) is 1. The van der Waals surface area contributed by atoms with Gasteiger partial charge in [-0.15, -0.1) is 16.4 Å². The molecule has 0 bridgehead atoms. The second kappa shape index (κ2) is 9.45. The number of thiazole rings is 1. The van der Waals surface area contributed by atoms with Gasteiger partial charge in [-0.05, 0) is 45.7 Å². The molecule has 0 saturated carbocycles. The van der Waals surface area contributed by atoms with Gasteiger partial charge in [0.1, 0.15) is 0 Å². The maximum absolute atomic E-state index is 13.6. The van der Waals surface area contributed by atoms with Gasteiger partial charge in [0.15, 0.2) is 10.8 Å². The topological polar surface area (TPSA) is 103 Å². The Morgan fingerprint density at radius 3 is 2.58 bits per heavy atom. The van der Waals surface area contributed by atoms with Gasteiger partial charge < -0.3 is 4.74 Å². The predicted molar refractivity (Wildman–Crippen MR) is 125 cm³/mol. The Morgan fingerprint density at radius 2 is 1.85 bits per heavy atom. The number of hydrogen-bond donors (Lipinski definition) is 0. The maximum Gasteiger partial charge on any atom is 0.358 e. The lowest BCUT2D eigenvalue weighted by Crippen LogP contribution is -2.34. The third-order valence-corrected chi connectivity index (χ3v) is 6.00. The molecule has 3 aromatic heterocycles. The van der Waals surface area contributed by atoms with Crippen LogP contribution in [0.4, 0.5) is 5.13 Å². The Bertz CT molecular complexity index is 1310. The van der Waals surface area contributed by atoms with Crippen molar-refractivity contribution in [3.05, 3.63) is 69.7 Å². The largest absolute Gasteiger partial charge is 0.461 e. The first-order valence-corrected chi connectivity index (χ1v) is 11.4. The van der Waals surface area contributed by atoms with Gasteiger partial charge in [0, 0.05) is 22.8 Å². The highest BCUT2D eigenvalue weighted by Gasteiger charge is 2.27. The minimum absolute atomic E-state index is 0.0230. The van der Waals surface area contributed by atoms with Crippen LogP contribution >= 0.6 is 11.3 Å². The summed E-state index contributed by atoms with van der Waals surface area (Å²) in [5.74, 6) is -0.525. The Labute approximate surface area is 195 Å². The number of aryl methyl sites for hydroxylation is 3. The highest BCUT2D eigenvalue weighted by Crippen LogP contribution is 2.28. The number of nitrogens with zero attached hydrogens (tertiary/aromatic N) is 6. The second-order valence-electron chi connectivity index (χ2n) is 7.50. The lowest BCUT2D eigenvalue weighted by molar-refractivity contribution is 0.0519. The zero-order valence-corrected chi connectivity index (χ0v) is 19.7. The highest BCUT2D eigenvalue weighted by atomic mass is 32.1. The SMILES string of the molecule is CCOC(=O)c1nc(N(CCc2ccccc2)C(=O)c2nc3nc(C)cc(C)n3n2)sc1C. The quantitative estimate of drug-likeness (QED) is 0.385. The number of esters is 1. The second-order valence-corrected chi connectivity index (χ2v) is 8.68. The average Bonchev–Trinajstić information content (AvgIpc) is 3.38. The number of anilines is 1. The summed E-state index contributed by atoms with van der Waals surface area (Å²) < 4.78 is 6.65. The van der Waals surface area contributed by atoms with Crippen molar-refractivity contribution in [1.29, 1.82) is 0 Å². The summed E-state index contributed by atoms with van der Waals surface area (Å²) in [7, 11) is 0. The van der Waals surface area contributed by atoms with Crippen LogP contribution in [0.25, 0.3) is 5.78 Å². The van der Waals surface area contributed by atoms with E-state index in [1.807, 2.05) is 50.2 Å². The molecule has 1 aromatic carbocycles. The molecule has 3 heterocycles. The van der Waals surface area contributed by atoms with Crippen molar-refractivity contribution in [2.45, 2.75) is 34.1 Å². The van der Waals surface area contributed by atoms with Crippen molar-refractivity contribution in [2.24, 2.45) is 0 Å². The standard InChI is InChI=1S/C23H24N6O3S/c1-5-32-21(31)18-16(4)33-23(25-18)28(12-11-17-9-7-6-8-10-17)20(30)19-26-22-24-14(2)13-15(3)29(22)27-19/h6-10,13H,5,11-12H2,1-4H3. The number of fused-ring (bicyclic) bond motifs is 1. The molecular weight excluding hydrogens is 440 g/mol. The van der Waals surface area contributed by atoms with Crippen LogP contribution in [0.2, 0.25) is 0 Å². The lowest BCUT2D eigenvalue weighted by atomic mass is 10.1. The number of amides is 1. The van der Waals surface area contributed by atoms with Crippen molar-refractivity contribution in [3.63, 3.8) is 0 Å². The molecule has 10 heteroatoms. The van der Waals surface area contributed by atoms with E-state index in [0.717, 1.165) is 17.0 Å². The molecule has 0 unspecified atom stereocenters. The molecule has 9 nitrogen and oxygen atoms in total. The summed E-state index contributed by atoms with van der Waals surface area (Å²) in [6, 6.07) is 11.7. The molecule has 0 saturated heterocycles. The molecule has 4 rings (SSSR count). The first kappa shape index (κ1) is 22.5. The molecule has 0 spiro atoms. The first-order chi connectivity index (χ1) is 15.9. The van der Waals surface area contributed by atoms with Crippen LogP contribution in [-0.2, 0) is 11.2 Å². The van der Waals surface area contributed by atoms with E-state index in [1.54, 1.807) is 18.4 Å². The summed E-state index contributed by atoms with van der Waals surface area (Å²) in [6.45, 7) is 7.87. The molecule has 0 aliphatic heterocycles. The molecule has 0 atom stereocenters. The van der Waals surface area contributed by atoms with Gasteiger partial charge >= 0.3 is 5.97 Å². The van der Waals surface area contributed by atoms with E-state index in [-0.39, 0.29) is 18.1 Å². The summed E-state index contributed by atoms with van der Waals surface area (Å²) in [4.78, 5) is 41.2. The maximum atomic E-state index is 13.6. The molecule has 4 aromatic rings. The normalized spacial score (nSPS) is 11.0. The molecule has 1 amide bonds. The smallest absolute Gasteiger partial charge is 0.358 e. The molecule has 0 aliphatic rings. The summed E-state index contributed by atoms with van der Waals surface area (Å²) in [6.07, 6.45) is 0.601. The molecule has 170 valence electrons. The fourth-order valence-corrected chi connectivity index (χ4v) is 4.35. The van der Waals surface area contributed by atoms with Crippen molar-refractivity contribution >= 4 is 34.1 Å². The monoisotopic (exact) mass is 464 g/mol. The zero-order valence-electron chi connectivity index (χ0n) is 18.9. The van der Waals surface area contributed by atoms with Crippen LogP contribution in [0.1, 0.15) is 49.9 Å². The first-order valence-electron chi connectivity index (χ1n) is 10.6. The number of benzene rings is 1. The summed E-state index contributed by atoms with van der Waals surface area (Å²) in [5, 5.41) is 4.78. The van der Waals surface area contributed by atoms with Crippen LogP contribution in [0.3, 0.4) is 0 Å². The molecule has 0 fully saturated rings. The summed E-state index contributed by atoms with van der Waals surface area (Å²) in [5.41, 5.74) is 2.91. The van der Waals surface area contributed by atoms with Gasteiger partial charge in [-0.1, -0.05) is 30.3 Å². The van der Waals surface area contributed by atoms with Crippen molar-refractivity contribution in [1.82, 2.24) is 24.6 Å². The van der Waals surface area contributed by atoms with Crippen LogP contribution < -0.4 is 4.90 Å². The number of carbonyl (C=O) groups is 2. The van der Waals surface area contributed by atoms with Crippen LogP contribution in [0.15, 0.2) is 36.4 Å². The van der Waals surface area contributed by atoms with Gasteiger partial charge in [-0.3, -0.25) is 9.69 Å². The van der Waals surface area contributed by atoms with E-state index in [0.29, 0.717) is 28.8 Å². The van der Waals surface area contributed by atoms with Gasteiger partial charge in [0.05, 0.1) is 6.61 Å². The summed E-state index contributed by atoms with van der Waals surface area (Å²) >= 11 is 1.26.